The van der Waals surface area contributed by atoms with Crippen molar-refractivity contribution >= 4 is 23.4 Å². The van der Waals surface area contributed by atoms with Crippen LogP contribution in [0.2, 0.25) is 0 Å². The first-order valence-electron chi connectivity index (χ1n) is 5.27. The molecule has 4 nitrogen and oxygen atoms in total. The zero-order valence-electron chi connectivity index (χ0n) is 9.79. The third-order valence-corrected chi connectivity index (χ3v) is 3.35. The van der Waals surface area contributed by atoms with Gasteiger partial charge in [0, 0.05) is 21.7 Å². The Bertz CT molecular complexity index is 572. The number of nitrogens with two attached hydrogens (primary N) is 1. The molecule has 0 amide bonds. The van der Waals surface area contributed by atoms with Crippen molar-refractivity contribution in [1.29, 1.82) is 0 Å². The number of nitrogen functional groups attached to an aromatic ring is 1. The molecule has 0 aliphatic heterocycles. The van der Waals surface area contributed by atoms with Crippen molar-refractivity contribution in [2.45, 2.75) is 9.79 Å². The lowest BCUT2D eigenvalue weighted by atomic mass is 10.3. The minimum absolute atomic E-state index is 0.289. The molecule has 0 atom stereocenters. The summed E-state index contributed by atoms with van der Waals surface area (Å²) in [7, 11) is 1.33. The number of aromatic nitrogens is 1. The van der Waals surface area contributed by atoms with Gasteiger partial charge in [0.05, 0.1) is 7.11 Å². The predicted molar refractivity (Wildman–Crippen MR) is 70.6 cm³/mol. The number of rotatable bonds is 3. The number of ether oxygens (including phenoxy) is 1. The zero-order chi connectivity index (χ0) is 13.0. The van der Waals surface area contributed by atoms with Crippen LogP contribution < -0.4 is 5.73 Å². The molecule has 0 saturated carbocycles. The second kappa shape index (κ2) is 5.55. The Morgan fingerprint density at radius 1 is 1.33 bits per heavy atom. The van der Waals surface area contributed by atoms with Crippen LogP contribution in [0.4, 0.5) is 5.69 Å². The molecule has 1 heterocycles. The molecule has 92 valence electrons. The molecule has 0 radical (unpaired) electrons. The minimum Gasteiger partial charge on any atom is -0.464 e. The molecule has 0 spiro atoms. The number of hydrogen-bond acceptors (Lipinski definition) is 5. The molecule has 0 aliphatic rings. The van der Waals surface area contributed by atoms with E-state index in [0.29, 0.717) is 5.69 Å². The number of benzene rings is 1. The molecule has 1 aromatic heterocycles. The van der Waals surface area contributed by atoms with Gasteiger partial charge in [-0.05, 0) is 24.3 Å². The Labute approximate surface area is 109 Å². The van der Waals surface area contributed by atoms with E-state index in [1.165, 1.54) is 18.9 Å². The summed E-state index contributed by atoms with van der Waals surface area (Å²) >= 11 is 1.48. The highest BCUT2D eigenvalue weighted by atomic mass is 32.2. The second-order valence-corrected chi connectivity index (χ2v) is 4.62. The summed E-state index contributed by atoms with van der Waals surface area (Å²) in [5.74, 6) is -0.446. The molecular weight excluding hydrogens is 248 g/mol. The van der Waals surface area contributed by atoms with Gasteiger partial charge in [-0.2, -0.15) is 0 Å². The average Bonchev–Trinajstić information content (AvgIpc) is 2.41. The van der Waals surface area contributed by atoms with Gasteiger partial charge in [0.25, 0.3) is 0 Å². The summed E-state index contributed by atoms with van der Waals surface area (Å²) in [6.45, 7) is 0. The normalized spacial score (nSPS) is 10.1. The molecular formula is C13H12N2O2S. The first-order chi connectivity index (χ1) is 8.70. The third kappa shape index (κ3) is 2.81. The summed E-state index contributed by atoms with van der Waals surface area (Å²) in [4.78, 5) is 17.2. The number of nitrogens with zero attached hydrogens (tertiary/aromatic N) is 1. The van der Waals surface area contributed by atoms with E-state index in [1.807, 2.05) is 30.3 Å². The van der Waals surface area contributed by atoms with Crippen molar-refractivity contribution in [1.82, 2.24) is 4.98 Å². The predicted octanol–water partition coefficient (Wildman–Crippen LogP) is 2.60. The van der Waals surface area contributed by atoms with Gasteiger partial charge in [0.2, 0.25) is 0 Å². The van der Waals surface area contributed by atoms with E-state index in [1.54, 1.807) is 12.3 Å². The first kappa shape index (κ1) is 12.4. The fraction of sp³-hybridized carbons (Fsp3) is 0.0769. The molecule has 0 bridgehead atoms. The molecule has 2 rings (SSSR count). The Kier molecular flexibility index (Phi) is 3.84. The van der Waals surface area contributed by atoms with Crippen molar-refractivity contribution < 1.29 is 9.53 Å². The van der Waals surface area contributed by atoms with Gasteiger partial charge in [-0.25, -0.2) is 9.78 Å². The summed E-state index contributed by atoms with van der Waals surface area (Å²) in [5, 5.41) is 0. The van der Waals surface area contributed by atoms with E-state index in [2.05, 4.69) is 9.72 Å². The standard InChI is InChI=1S/C13H12N2O2S/c1-17-13(16)11-8-9(6-7-15-11)18-12-5-3-2-4-10(12)14/h2-8H,14H2,1H3. The molecule has 0 unspecified atom stereocenters. The number of para-hydroxylation sites is 1. The van der Waals surface area contributed by atoms with Crippen molar-refractivity contribution in [3.63, 3.8) is 0 Å². The fourth-order valence-electron chi connectivity index (χ4n) is 1.39. The van der Waals surface area contributed by atoms with Crippen molar-refractivity contribution in [2.75, 3.05) is 12.8 Å². The van der Waals surface area contributed by atoms with E-state index in [-0.39, 0.29) is 5.69 Å². The van der Waals surface area contributed by atoms with Crippen LogP contribution in [0.25, 0.3) is 0 Å². The topological polar surface area (TPSA) is 65.2 Å². The number of carbonyl (C=O) groups excluding carboxylic acids is 1. The number of hydrogen-bond donors (Lipinski definition) is 1. The fourth-order valence-corrected chi connectivity index (χ4v) is 2.28. The molecule has 5 heteroatoms. The summed E-state index contributed by atoms with van der Waals surface area (Å²) in [6, 6.07) is 11.1. The highest BCUT2D eigenvalue weighted by Gasteiger charge is 2.08. The van der Waals surface area contributed by atoms with Gasteiger partial charge in [-0.1, -0.05) is 23.9 Å². The average molecular weight is 260 g/mol. The number of anilines is 1. The van der Waals surface area contributed by atoms with Crippen LogP contribution in [-0.4, -0.2) is 18.1 Å². The van der Waals surface area contributed by atoms with Gasteiger partial charge in [0.1, 0.15) is 5.69 Å². The second-order valence-electron chi connectivity index (χ2n) is 3.51. The number of pyridine rings is 1. The lowest BCUT2D eigenvalue weighted by Crippen LogP contribution is -2.03. The van der Waals surface area contributed by atoms with Crippen molar-refractivity contribution in [2.24, 2.45) is 0 Å². The molecule has 0 fully saturated rings. The molecule has 18 heavy (non-hydrogen) atoms. The Morgan fingerprint density at radius 2 is 2.11 bits per heavy atom. The first-order valence-corrected chi connectivity index (χ1v) is 6.09. The van der Waals surface area contributed by atoms with Gasteiger partial charge in [0.15, 0.2) is 0 Å². The van der Waals surface area contributed by atoms with Crippen LogP contribution in [0.5, 0.6) is 0 Å². The van der Waals surface area contributed by atoms with E-state index >= 15 is 0 Å². The Hall–Kier alpha value is -2.01. The minimum atomic E-state index is -0.446. The maximum Gasteiger partial charge on any atom is 0.356 e. The van der Waals surface area contributed by atoms with Crippen LogP contribution in [0.15, 0.2) is 52.4 Å². The largest absolute Gasteiger partial charge is 0.464 e. The summed E-state index contributed by atoms with van der Waals surface area (Å²) in [6.07, 6.45) is 1.58. The SMILES string of the molecule is COC(=O)c1cc(Sc2ccccc2N)ccn1. The van der Waals surface area contributed by atoms with Crippen LogP contribution in [0.1, 0.15) is 10.5 Å². The van der Waals surface area contributed by atoms with Crippen LogP contribution in [0.3, 0.4) is 0 Å². The van der Waals surface area contributed by atoms with Crippen LogP contribution >= 0.6 is 11.8 Å². The lowest BCUT2D eigenvalue weighted by Gasteiger charge is -2.05. The van der Waals surface area contributed by atoms with Gasteiger partial charge in [-0.3, -0.25) is 0 Å². The van der Waals surface area contributed by atoms with E-state index < -0.39 is 5.97 Å². The summed E-state index contributed by atoms with van der Waals surface area (Å²) < 4.78 is 4.63. The van der Waals surface area contributed by atoms with Gasteiger partial charge >= 0.3 is 5.97 Å². The van der Waals surface area contributed by atoms with Crippen LogP contribution in [-0.2, 0) is 4.74 Å². The molecule has 0 saturated heterocycles. The highest BCUT2D eigenvalue weighted by molar-refractivity contribution is 7.99. The number of methoxy groups -OCH3 is 1. The highest BCUT2D eigenvalue weighted by Crippen LogP contribution is 2.31. The van der Waals surface area contributed by atoms with Crippen molar-refractivity contribution in [3.05, 3.63) is 48.3 Å². The Morgan fingerprint density at radius 3 is 2.83 bits per heavy atom. The Balaban J connectivity index is 2.25. The summed E-state index contributed by atoms with van der Waals surface area (Å²) in [5.41, 5.74) is 6.86. The van der Waals surface area contributed by atoms with Gasteiger partial charge < -0.3 is 10.5 Å². The van der Waals surface area contributed by atoms with E-state index in [4.69, 9.17) is 5.73 Å². The van der Waals surface area contributed by atoms with Crippen molar-refractivity contribution in [3.8, 4) is 0 Å². The lowest BCUT2D eigenvalue weighted by molar-refractivity contribution is 0.0593. The maximum absolute atomic E-state index is 11.4. The molecule has 2 aromatic rings. The molecule has 0 aliphatic carbocycles. The quantitative estimate of drug-likeness (QED) is 0.678. The number of carbonyl (C=O) groups is 1. The van der Waals surface area contributed by atoms with E-state index in [0.717, 1.165) is 9.79 Å². The van der Waals surface area contributed by atoms with Crippen LogP contribution in [0, 0.1) is 0 Å². The smallest absolute Gasteiger partial charge is 0.356 e. The van der Waals surface area contributed by atoms with Gasteiger partial charge in [-0.15, -0.1) is 0 Å². The number of esters is 1. The van der Waals surface area contributed by atoms with E-state index in [9.17, 15) is 4.79 Å². The maximum atomic E-state index is 11.4. The monoisotopic (exact) mass is 260 g/mol. The zero-order valence-corrected chi connectivity index (χ0v) is 10.6. The molecule has 1 aromatic carbocycles. The molecule has 2 N–H and O–H groups in total. The third-order valence-electron chi connectivity index (χ3n) is 2.27.